The number of carbonyl (C=O) groups is 4. The van der Waals surface area contributed by atoms with Gasteiger partial charge >= 0.3 is 12.2 Å². The van der Waals surface area contributed by atoms with Gasteiger partial charge in [0.15, 0.2) is 5.65 Å². The van der Waals surface area contributed by atoms with E-state index in [2.05, 4.69) is 25.3 Å². The lowest BCUT2D eigenvalue weighted by Gasteiger charge is -2.37. The van der Waals surface area contributed by atoms with E-state index in [-0.39, 0.29) is 24.7 Å². The van der Waals surface area contributed by atoms with Crippen LogP contribution in [0.3, 0.4) is 0 Å². The van der Waals surface area contributed by atoms with Gasteiger partial charge < -0.3 is 34.3 Å². The summed E-state index contributed by atoms with van der Waals surface area (Å²) in [6.07, 6.45) is 4.47. The summed E-state index contributed by atoms with van der Waals surface area (Å²) >= 11 is 0. The molecule has 2 aromatic heterocycles. The maximum absolute atomic E-state index is 15.1. The first-order valence-corrected chi connectivity index (χ1v) is 13.0. The zero-order valence-electron chi connectivity index (χ0n) is 22.4. The Labute approximate surface area is 234 Å². The summed E-state index contributed by atoms with van der Waals surface area (Å²) < 4.78 is 26.6. The molecule has 2 aliphatic heterocycles. The molecule has 2 atom stereocenters. The minimum Gasteiger partial charge on any atom is -0.453 e. The lowest BCUT2D eigenvalue weighted by atomic mass is 10.2. The minimum absolute atomic E-state index is 0.0685. The number of carbonyl (C=O) groups excluding carboxylic acids is 4. The molecule has 216 valence electrons. The number of ether oxygens (including phenoxy) is 2. The van der Waals surface area contributed by atoms with Gasteiger partial charge in [0.2, 0.25) is 5.91 Å². The molecule has 41 heavy (non-hydrogen) atoms. The van der Waals surface area contributed by atoms with Crippen LogP contribution in [0.1, 0.15) is 17.4 Å². The molecule has 4 amide bonds. The molecule has 0 bridgehead atoms. The van der Waals surface area contributed by atoms with Crippen molar-refractivity contribution in [2.75, 3.05) is 56.2 Å². The van der Waals surface area contributed by atoms with Crippen molar-refractivity contribution in [2.24, 2.45) is 0 Å². The second-order valence-corrected chi connectivity index (χ2v) is 9.60. The lowest BCUT2D eigenvalue weighted by molar-refractivity contribution is -0.133. The minimum atomic E-state index is -0.778. The van der Waals surface area contributed by atoms with E-state index in [1.807, 2.05) is 4.90 Å². The Balaban J connectivity index is 1.14. The Morgan fingerprint density at radius 3 is 2.71 bits per heavy atom. The number of hydrogen-bond donors (Lipinski definition) is 2. The molecule has 2 fully saturated rings. The number of benzene rings is 1. The SMILES string of the molecule is COC(=O)NC[C@H]1CN(c2ccc(N3CCN(C(=O)[C@H](C)NC(=O)c4cn5ccncc5n4)CC3)c(F)c2)C(=O)O1. The number of aromatic nitrogens is 3. The molecule has 2 saturated heterocycles. The average molecular weight is 569 g/mol. The van der Waals surface area contributed by atoms with Gasteiger partial charge in [0.05, 0.1) is 37.8 Å². The number of methoxy groups -OCH3 is 1. The third kappa shape index (κ3) is 5.97. The molecule has 4 heterocycles. The van der Waals surface area contributed by atoms with Gasteiger partial charge in [-0.3, -0.25) is 19.5 Å². The Hall–Kier alpha value is -4.95. The Kier molecular flexibility index (Phi) is 7.85. The average Bonchev–Trinajstić information content (AvgIpc) is 3.59. The second-order valence-electron chi connectivity index (χ2n) is 9.60. The number of imidazole rings is 1. The van der Waals surface area contributed by atoms with Gasteiger partial charge in [-0.05, 0) is 25.1 Å². The predicted molar refractivity (Wildman–Crippen MR) is 143 cm³/mol. The number of nitrogens with zero attached hydrogens (tertiary/aromatic N) is 6. The quantitative estimate of drug-likeness (QED) is 0.426. The van der Waals surface area contributed by atoms with Crippen molar-refractivity contribution in [3.05, 3.63) is 54.5 Å². The summed E-state index contributed by atoms with van der Waals surface area (Å²) in [5, 5.41) is 5.16. The standard InChI is InChI=1S/C26H29FN8O6/c1-16(30-23(36)20-15-34-6-5-28-13-22(34)31-20)24(37)33-9-7-32(8-10-33)21-4-3-17(11-19(21)27)35-14-18(41-26(35)39)12-29-25(38)40-2/h3-6,11,13,15-16,18H,7-10,12,14H2,1-2H3,(H,29,38)(H,30,36)/t16-,18-/m0/s1. The maximum atomic E-state index is 15.1. The van der Waals surface area contributed by atoms with Gasteiger partial charge in [0.25, 0.3) is 5.91 Å². The number of hydrogen-bond acceptors (Lipinski definition) is 9. The molecule has 15 heteroatoms. The monoisotopic (exact) mass is 568 g/mol. The summed E-state index contributed by atoms with van der Waals surface area (Å²) in [5.74, 6) is -1.24. The fraction of sp³-hybridized carbons (Fsp3) is 0.385. The van der Waals surface area contributed by atoms with Crippen molar-refractivity contribution >= 4 is 41.0 Å². The van der Waals surface area contributed by atoms with Gasteiger partial charge in [-0.1, -0.05) is 0 Å². The molecule has 0 radical (unpaired) electrons. The van der Waals surface area contributed by atoms with E-state index < -0.39 is 36.1 Å². The molecule has 5 rings (SSSR count). The number of cyclic esters (lactones) is 1. The predicted octanol–water partition coefficient (Wildman–Crippen LogP) is 1.02. The topological polar surface area (TPSA) is 151 Å². The molecule has 2 N–H and O–H groups in total. The lowest BCUT2D eigenvalue weighted by Crippen LogP contribution is -2.54. The third-order valence-corrected chi connectivity index (χ3v) is 6.92. The first-order chi connectivity index (χ1) is 19.7. The smallest absolute Gasteiger partial charge is 0.414 e. The van der Waals surface area contributed by atoms with Gasteiger partial charge in [-0.25, -0.2) is 19.0 Å². The molecule has 3 aromatic rings. The van der Waals surface area contributed by atoms with Gasteiger partial charge in [0.1, 0.15) is 23.7 Å². The van der Waals surface area contributed by atoms with E-state index >= 15 is 4.39 Å². The molecule has 0 unspecified atom stereocenters. The third-order valence-electron chi connectivity index (χ3n) is 6.92. The summed E-state index contributed by atoms with van der Waals surface area (Å²) in [6.45, 7) is 3.28. The van der Waals surface area contributed by atoms with Crippen LogP contribution in [-0.4, -0.2) is 102 Å². The van der Waals surface area contributed by atoms with Crippen LogP contribution in [0.4, 0.5) is 25.4 Å². The number of amides is 4. The van der Waals surface area contributed by atoms with Gasteiger partial charge in [0, 0.05) is 44.8 Å². The van der Waals surface area contributed by atoms with Crippen LogP contribution in [0, 0.1) is 5.82 Å². The molecule has 0 saturated carbocycles. The van der Waals surface area contributed by atoms with E-state index in [1.165, 1.54) is 24.3 Å². The maximum Gasteiger partial charge on any atom is 0.414 e. The van der Waals surface area contributed by atoms with Crippen molar-refractivity contribution < 1.29 is 33.0 Å². The molecule has 1 aromatic carbocycles. The van der Waals surface area contributed by atoms with Crippen molar-refractivity contribution in [2.45, 2.75) is 19.1 Å². The Bertz CT molecular complexity index is 1440. The highest BCUT2D eigenvalue weighted by Crippen LogP contribution is 2.28. The fourth-order valence-electron chi connectivity index (χ4n) is 4.75. The first kappa shape index (κ1) is 27.6. The van der Waals surface area contributed by atoms with Crippen LogP contribution >= 0.6 is 0 Å². The van der Waals surface area contributed by atoms with Crippen molar-refractivity contribution in [1.82, 2.24) is 29.9 Å². The zero-order valence-corrected chi connectivity index (χ0v) is 22.4. The summed E-state index contributed by atoms with van der Waals surface area (Å²) in [6, 6.07) is 3.69. The molecule has 14 nitrogen and oxygen atoms in total. The van der Waals surface area contributed by atoms with Crippen LogP contribution in [0.2, 0.25) is 0 Å². The highest BCUT2D eigenvalue weighted by atomic mass is 19.1. The number of nitrogens with one attached hydrogen (secondary N) is 2. The highest BCUT2D eigenvalue weighted by Gasteiger charge is 2.33. The number of halogens is 1. The van der Waals surface area contributed by atoms with Crippen LogP contribution in [0.15, 0.2) is 43.0 Å². The normalized spacial score (nSPS) is 17.8. The summed E-state index contributed by atoms with van der Waals surface area (Å²) in [4.78, 5) is 62.1. The van der Waals surface area contributed by atoms with Crippen LogP contribution in [-0.2, 0) is 14.3 Å². The van der Waals surface area contributed by atoms with Crippen molar-refractivity contribution in [1.29, 1.82) is 0 Å². The van der Waals surface area contributed by atoms with Gasteiger partial charge in [-0.15, -0.1) is 0 Å². The molecule has 0 aliphatic carbocycles. The summed E-state index contributed by atoms with van der Waals surface area (Å²) in [5.41, 5.74) is 1.37. The Morgan fingerprint density at radius 2 is 2.00 bits per heavy atom. The fourth-order valence-corrected chi connectivity index (χ4v) is 4.75. The van der Waals surface area contributed by atoms with E-state index in [1.54, 1.807) is 46.9 Å². The number of anilines is 2. The van der Waals surface area contributed by atoms with Crippen LogP contribution < -0.4 is 20.4 Å². The largest absolute Gasteiger partial charge is 0.453 e. The number of rotatable bonds is 7. The van der Waals surface area contributed by atoms with Crippen LogP contribution in [0.25, 0.3) is 5.65 Å². The Morgan fingerprint density at radius 1 is 1.22 bits per heavy atom. The number of piperazine rings is 1. The molecule has 2 aliphatic rings. The number of alkyl carbamates (subject to hydrolysis) is 1. The van der Waals surface area contributed by atoms with Gasteiger partial charge in [-0.2, -0.15) is 0 Å². The van der Waals surface area contributed by atoms with E-state index in [9.17, 15) is 19.2 Å². The second kappa shape index (κ2) is 11.7. The van der Waals surface area contributed by atoms with Crippen molar-refractivity contribution in [3.8, 4) is 0 Å². The first-order valence-electron chi connectivity index (χ1n) is 13.0. The van der Waals surface area contributed by atoms with Crippen molar-refractivity contribution in [3.63, 3.8) is 0 Å². The zero-order chi connectivity index (χ0) is 29.1. The molecular formula is C26H29FN8O6. The molecular weight excluding hydrogens is 539 g/mol. The molecule has 0 spiro atoms. The highest BCUT2D eigenvalue weighted by molar-refractivity contribution is 5.96. The van der Waals surface area contributed by atoms with E-state index in [0.717, 1.165) is 0 Å². The summed E-state index contributed by atoms with van der Waals surface area (Å²) in [7, 11) is 1.23. The van der Waals surface area contributed by atoms with E-state index in [0.29, 0.717) is 43.2 Å². The van der Waals surface area contributed by atoms with Crippen LogP contribution in [0.5, 0.6) is 0 Å². The van der Waals surface area contributed by atoms with E-state index in [4.69, 9.17) is 4.74 Å². The number of fused-ring (bicyclic) bond motifs is 1.